The van der Waals surface area contributed by atoms with Crippen LogP contribution in [0.1, 0.15) is 41.8 Å². The molecule has 0 saturated carbocycles. The molecule has 2 amide bonds. The Bertz CT molecular complexity index is 1120. The van der Waals surface area contributed by atoms with Crippen molar-refractivity contribution >= 4 is 40.8 Å². The van der Waals surface area contributed by atoms with Crippen molar-refractivity contribution in [2.75, 3.05) is 17.2 Å². The zero-order valence-electron chi connectivity index (χ0n) is 18.6. The van der Waals surface area contributed by atoms with Gasteiger partial charge in [-0.25, -0.2) is 4.79 Å². The molecule has 4 N–H and O–H groups in total. The van der Waals surface area contributed by atoms with Crippen LogP contribution in [0.3, 0.4) is 0 Å². The van der Waals surface area contributed by atoms with Crippen LogP contribution in [-0.4, -0.2) is 41.6 Å². The Morgan fingerprint density at radius 1 is 1.30 bits per heavy atom. The van der Waals surface area contributed by atoms with Gasteiger partial charge in [0.1, 0.15) is 5.54 Å². The third kappa shape index (κ3) is 3.99. The summed E-state index contributed by atoms with van der Waals surface area (Å²) in [5.41, 5.74) is 1.41. The fourth-order valence-electron chi connectivity index (χ4n) is 4.64. The lowest BCUT2D eigenvalue weighted by atomic mass is 9.79. The van der Waals surface area contributed by atoms with Crippen molar-refractivity contribution in [2.24, 2.45) is 5.92 Å². The number of aliphatic hydroxyl groups excluding tert-OH is 1. The maximum atomic E-state index is 13.5. The molecule has 4 atom stereocenters. The third-order valence-electron chi connectivity index (χ3n) is 6.24. The van der Waals surface area contributed by atoms with E-state index in [1.54, 1.807) is 44.2 Å². The minimum atomic E-state index is -1.36. The highest BCUT2D eigenvalue weighted by atomic mass is 35.5. The molecule has 2 aromatic rings. The van der Waals surface area contributed by atoms with Gasteiger partial charge < -0.3 is 20.5 Å². The smallest absolute Gasteiger partial charge is 0.338 e. The highest BCUT2D eigenvalue weighted by Crippen LogP contribution is 2.50. The average Bonchev–Trinajstić information content (AvgIpc) is 3.30. The molecule has 0 bridgehead atoms. The summed E-state index contributed by atoms with van der Waals surface area (Å²) in [6.07, 6.45) is -0.524. The monoisotopic (exact) mass is 471 g/mol. The summed E-state index contributed by atoms with van der Waals surface area (Å²) >= 11 is 6.39. The molecule has 8 nitrogen and oxygen atoms in total. The number of nitrogens with one attached hydrogen (secondary N) is 3. The first-order chi connectivity index (χ1) is 15.7. The maximum absolute atomic E-state index is 13.5. The molecule has 0 aliphatic carbocycles. The Labute approximate surface area is 196 Å². The van der Waals surface area contributed by atoms with Crippen molar-refractivity contribution < 1.29 is 24.2 Å². The predicted molar refractivity (Wildman–Crippen MR) is 124 cm³/mol. The summed E-state index contributed by atoms with van der Waals surface area (Å²) in [6, 6.07) is 9.46. The molecule has 0 radical (unpaired) electrons. The number of fused-ring (bicyclic) bond motifs is 2. The standard InChI is InChI=1S/C24H26ClN3O5/c1-4-33-22(31)14-5-7-15(8-6-14)26-21(30)17-11-19(13(3)29)28-24(17)16-9-12(2)10-18(25)20(16)27-23(24)32/h5-10,13,17,19,28-29H,4,11H2,1-3H3,(H,26,30)(H,27,32)/t13-,17+,19+,24-/m0/s1. The SMILES string of the molecule is CCOC(=O)c1ccc(NC(=O)[C@H]2C[C@H]([C@H](C)O)N[C@]23C(=O)Nc2c(Cl)cc(C)cc23)cc1. The second kappa shape index (κ2) is 8.78. The summed E-state index contributed by atoms with van der Waals surface area (Å²) in [5, 5.41) is 19.6. The van der Waals surface area contributed by atoms with Gasteiger partial charge >= 0.3 is 5.97 Å². The zero-order chi connectivity index (χ0) is 23.9. The number of carbonyl (C=O) groups excluding carboxylic acids is 3. The molecule has 0 aromatic heterocycles. The summed E-state index contributed by atoms with van der Waals surface area (Å²) in [5.74, 6) is -2.01. The molecule has 2 aliphatic rings. The molecule has 1 saturated heterocycles. The number of benzene rings is 2. The first-order valence-electron chi connectivity index (χ1n) is 10.8. The first kappa shape index (κ1) is 23.2. The van der Waals surface area contributed by atoms with Crippen LogP contribution in [0.25, 0.3) is 0 Å². The number of ether oxygens (including phenoxy) is 1. The topological polar surface area (TPSA) is 117 Å². The molecular weight excluding hydrogens is 446 g/mol. The van der Waals surface area contributed by atoms with Gasteiger partial charge in [-0.05, 0) is 63.1 Å². The molecule has 33 heavy (non-hydrogen) atoms. The van der Waals surface area contributed by atoms with Crippen LogP contribution in [-0.2, 0) is 19.9 Å². The number of halogens is 1. The molecule has 174 valence electrons. The van der Waals surface area contributed by atoms with Crippen LogP contribution in [0.4, 0.5) is 11.4 Å². The summed E-state index contributed by atoms with van der Waals surface area (Å²) in [7, 11) is 0. The van der Waals surface area contributed by atoms with Crippen molar-refractivity contribution in [3.05, 3.63) is 58.1 Å². The lowest BCUT2D eigenvalue weighted by Gasteiger charge is -2.29. The van der Waals surface area contributed by atoms with E-state index >= 15 is 0 Å². The van der Waals surface area contributed by atoms with Gasteiger partial charge in [0.05, 0.1) is 34.9 Å². The van der Waals surface area contributed by atoms with Crippen molar-refractivity contribution in [3.8, 4) is 0 Å². The van der Waals surface area contributed by atoms with Crippen LogP contribution < -0.4 is 16.0 Å². The fourth-order valence-corrected chi connectivity index (χ4v) is 4.96. The molecule has 9 heteroatoms. The van der Waals surface area contributed by atoms with E-state index in [9.17, 15) is 19.5 Å². The van der Waals surface area contributed by atoms with Crippen molar-refractivity contribution in [3.63, 3.8) is 0 Å². The first-order valence-corrected chi connectivity index (χ1v) is 11.2. The second-order valence-electron chi connectivity index (χ2n) is 8.50. The van der Waals surface area contributed by atoms with E-state index < -0.39 is 29.6 Å². The van der Waals surface area contributed by atoms with Gasteiger partial charge in [-0.1, -0.05) is 17.7 Å². The minimum absolute atomic E-state index is 0.253. The number of esters is 1. The van der Waals surface area contributed by atoms with E-state index in [0.29, 0.717) is 27.5 Å². The van der Waals surface area contributed by atoms with Crippen molar-refractivity contribution in [1.82, 2.24) is 5.32 Å². The number of hydrogen-bond donors (Lipinski definition) is 4. The summed E-state index contributed by atoms with van der Waals surface area (Å²) in [4.78, 5) is 38.6. The number of amides is 2. The Morgan fingerprint density at radius 2 is 2.00 bits per heavy atom. The molecule has 4 rings (SSSR count). The predicted octanol–water partition coefficient (Wildman–Crippen LogP) is 2.97. The largest absolute Gasteiger partial charge is 0.462 e. The van der Waals surface area contributed by atoms with Gasteiger partial charge in [0.25, 0.3) is 0 Å². The van der Waals surface area contributed by atoms with Crippen LogP contribution in [0, 0.1) is 12.8 Å². The second-order valence-corrected chi connectivity index (χ2v) is 8.91. The van der Waals surface area contributed by atoms with Gasteiger partial charge in [-0.2, -0.15) is 0 Å². The number of anilines is 2. The third-order valence-corrected chi connectivity index (χ3v) is 6.54. The number of aryl methyl sites for hydroxylation is 1. The van der Waals surface area contributed by atoms with Gasteiger partial charge in [0, 0.05) is 17.3 Å². The molecular formula is C24H26ClN3O5. The van der Waals surface area contributed by atoms with Gasteiger partial charge in [0.2, 0.25) is 11.8 Å². The van der Waals surface area contributed by atoms with Gasteiger partial charge in [-0.15, -0.1) is 0 Å². The number of hydrogen-bond acceptors (Lipinski definition) is 6. The lowest BCUT2D eigenvalue weighted by molar-refractivity contribution is -0.130. The molecule has 1 fully saturated rings. The summed E-state index contributed by atoms with van der Waals surface area (Å²) < 4.78 is 4.98. The Kier molecular flexibility index (Phi) is 6.18. The molecule has 0 unspecified atom stereocenters. The minimum Gasteiger partial charge on any atom is -0.462 e. The Hall–Kier alpha value is -2.94. The normalized spacial score (nSPS) is 24.3. The Balaban J connectivity index is 1.67. The molecule has 2 aliphatic heterocycles. The maximum Gasteiger partial charge on any atom is 0.338 e. The van der Waals surface area contributed by atoms with Crippen LogP contribution in [0.5, 0.6) is 0 Å². The molecule has 2 heterocycles. The van der Waals surface area contributed by atoms with Crippen LogP contribution in [0.2, 0.25) is 5.02 Å². The van der Waals surface area contributed by atoms with E-state index in [4.69, 9.17) is 16.3 Å². The van der Waals surface area contributed by atoms with E-state index in [1.807, 2.05) is 13.0 Å². The van der Waals surface area contributed by atoms with E-state index in [-0.39, 0.29) is 24.8 Å². The molecule has 2 aromatic carbocycles. The zero-order valence-corrected chi connectivity index (χ0v) is 19.3. The van der Waals surface area contributed by atoms with Crippen molar-refractivity contribution in [2.45, 2.75) is 44.9 Å². The van der Waals surface area contributed by atoms with E-state index in [1.165, 1.54) is 0 Å². The van der Waals surface area contributed by atoms with Crippen LogP contribution >= 0.6 is 11.6 Å². The highest BCUT2D eigenvalue weighted by molar-refractivity contribution is 6.35. The highest BCUT2D eigenvalue weighted by Gasteiger charge is 2.61. The average molecular weight is 472 g/mol. The van der Waals surface area contributed by atoms with E-state index in [2.05, 4.69) is 16.0 Å². The van der Waals surface area contributed by atoms with Crippen molar-refractivity contribution in [1.29, 1.82) is 0 Å². The number of rotatable bonds is 5. The Morgan fingerprint density at radius 3 is 2.64 bits per heavy atom. The van der Waals surface area contributed by atoms with Crippen LogP contribution in [0.15, 0.2) is 36.4 Å². The van der Waals surface area contributed by atoms with Gasteiger partial charge in [-0.3, -0.25) is 14.9 Å². The quantitative estimate of drug-likeness (QED) is 0.498. The lowest BCUT2D eigenvalue weighted by Crippen LogP contribution is -2.53. The van der Waals surface area contributed by atoms with Gasteiger partial charge in [0.15, 0.2) is 0 Å². The fraction of sp³-hybridized carbons (Fsp3) is 0.375. The number of carbonyl (C=O) groups is 3. The summed E-state index contributed by atoms with van der Waals surface area (Å²) in [6.45, 7) is 5.48. The molecule has 1 spiro atoms. The van der Waals surface area contributed by atoms with E-state index in [0.717, 1.165) is 5.56 Å². The number of aliphatic hydroxyl groups is 1.